The zero-order valence-corrected chi connectivity index (χ0v) is 17.4. The summed E-state index contributed by atoms with van der Waals surface area (Å²) in [6, 6.07) is 12.2. The van der Waals surface area contributed by atoms with Crippen LogP contribution >= 0.6 is 0 Å². The van der Waals surface area contributed by atoms with Crippen molar-refractivity contribution in [1.82, 2.24) is 20.3 Å². The summed E-state index contributed by atoms with van der Waals surface area (Å²) in [7, 11) is 0. The first-order valence-electron chi connectivity index (χ1n) is 10.7. The zero-order chi connectivity index (χ0) is 20.8. The Bertz CT molecular complexity index is 964. The molecule has 1 amide bonds. The predicted octanol–water partition coefficient (Wildman–Crippen LogP) is 4.48. The molecule has 5 nitrogen and oxygen atoms in total. The van der Waals surface area contributed by atoms with Crippen LogP contribution in [0.15, 0.2) is 61.3 Å². The van der Waals surface area contributed by atoms with E-state index < -0.39 is 0 Å². The van der Waals surface area contributed by atoms with Gasteiger partial charge in [0.1, 0.15) is 6.33 Å². The molecule has 4 rings (SSSR count). The molecule has 1 aromatic carbocycles. The maximum atomic E-state index is 12.3. The van der Waals surface area contributed by atoms with Crippen LogP contribution in [0.2, 0.25) is 0 Å². The van der Waals surface area contributed by atoms with Crippen molar-refractivity contribution in [3.8, 4) is 11.1 Å². The van der Waals surface area contributed by atoms with Gasteiger partial charge < -0.3 is 5.32 Å². The molecule has 1 N–H and O–H groups in total. The van der Waals surface area contributed by atoms with Gasteiger partial charge in [-0.15, -0.1) is 0 Å². The molecule has 2 heterocycles. The van der Waals surface area contributed by atoms with Crippen LogP contribution in [0.25, 0.3) is 11.1 Å². The van der Waals surface area contributed by atoms with Crippen molar-refractivity contribution in [2.75, 3.05) is 6.54 Å². The highest BCUT2D eigenvalue weighted by Gasteiger charge is 2.25. The van der Waals surface area contributed by atoms with Crippen LogP contribution in [0.5, 0.6) is 0 Å². The number of amides is 1. The summed E-state index contributed by atoms with van der Waals surface area (Å²) < 4.78 is 0. The van der Waals surface area contributed by atoms with Gasteiger partial charge in [0.2, 0.25) is 5.91 Å². The van der Waals surface area contributed by atoms with Crippen molar-refractivity contribution in [2.24, 2.45) is 5.92 Å². The molecule has 1 aliphatic carbocycles. The summed E-state index contributed by atoms with van der Waals surface area (Å²) in [5.41, 5.74) is 5.64. The smallest absolute Gasteiger partial charge is 0.224 e. The number of benzene rings is 1. The van der Waals surface area contributed by atoms with E-state index in [1.165, 1.54) is 5.56 Å². The van der Waals surface area contributed by atoms with Gasteiger partial charge >= 0.3 is 0 Å². The molecule has 0 unspecified atom stereocenters. The standard InChI is InChI=1S/C25H28N4O/c1-18-2-4-19(5-3-18)14-24(30)28-15-20-6-8-22(9-7-20)25-23(16-27-17-29-25)21-10-12-26-13-11-21/h2-5,10-13,16-17,20,22H,6-9,14-15H2,1H3,(H,28,30). The minimum Gasteiger partial charge on any atom is -0.356 e. The Balaban J connectivity index is 1.29. The van der Waals surface area contributed by atoms with Crippen LogP contribution in [0.4, 0.5) is 0 Å². The van der Waals surface area contributed by atoms with E-state index in [0.717, 1.165) is 54.6 Å². The SMILES string of the molecule is Cc1ccc(CC(=O)NCC2CCC(c3ncncc3-c3ccncc3)CC2)cc1. The third-order valence-electron chi connectivity index (χ3n) is 6.04. The molecular weight excluding hydrogens is 372 g/mol. The van der Waals surface area contributed by atoms with Gasteiger partial charge in [-0.2, -0.15) is 0 Å². The molecule has 5 heteroatoms. The number of hydrogen-bond acceptors (Lipinski definition) is 4. The summed E-state index contributed by atoms with van der Waals surface area (Å²) in [6.07, 6.45) is 12.0. The van der Waals surface area contributed by atoms with Crippen molar-refractivity contribution in [3.05, 3.63) is 78.1 Å². The number of nitrogens with one attached hydrogen (secondary N) is 1. The van der Waals surface area contributed by atoms with Gasteiger partial charge in [0, 0.05) is 36.6 Å². The number of rotatable bonds is 6. The van der Waals surface area contributed by atoms with E-state index in [1.807, 2.05) is 42.9 Å². The fourth-order valence-electron chi connectivity index (χ4n) is 4.27. The summed E-state index contributed by atoms with van der Waals surface area (Å²) in [6.45, 7) is 2.82. The fraction of sp³-hybridized carbons (Fsp3) is 0.360. The Morgan fingerprint density at radius 3 is 2.47 bits per heavy atom. The van der Waals surface area contributed by atoms with E-state index in [-0.39, 0.29) is 5.91 Å². The minimum absolute atomic E-state index is 0.108. The highest BCUT2D eigenvalue weighted by atomic mass is 16.1. The van der Waals surface area contributed by atoms with E-state index in [2.05, 4.69) is 39.3 Å². The van der Waals surface area contributed by atoms with Gasteiger partial charge in [-0.25, -0.2) is 9.97 Å². The normalized spacial score (nSPS) is 18.7. The molecule has 2 aromatic heterocycles. The summed E-state index contributed by atoms with van der Waals surface area (Å²) in [4.78, 5) is 25.3. The first-order chi connectivity index (χ1) is 14.7. The van der Waals surface area contributed by atoms with E-state index in [0.29, 0.717) is 18.3 Å². The molecule has 0 spiro atoms. The molecule has 1 fully saturated rings. The molecule has 0 aliphatic heterocycles. The van der Waals surface area contributed by atoms with Crippen molar-refractivity contribution in [2.45, 2.75) is 44.9 Å². The largest absolute Gasteiger partial charge is 0.356 e. The predicted molar refractivity (Wildman–Crippen MR) is 118 cm³/mol. The quantitative estimate of drug-likeness (QED) is 0.662. The van der Waals surface area contributed by atoms with E-state index in [9.17, 15) is 4.79 Å². The van der Waals surface area contributed by atoms with Gasteiger partial charge in [0.15, 0.2) is 0 Å². The third kappa shape index (κ3) is 5.09. The van der Waals surface area contributed by atoms with Crippen molar-refractivity contribution < 1.29 is 4.79 Å². The Hall–Kier alpha value is -3.08. The van der Waals surface area contributed by atoms with Crippen LogP contribution in [-0.2, 0) is 11.2 Å². The molecule has 154 valence electrons. The molecule has 1 saturated carbocycles. The first kappa shape index (κ1) is 20.2. The van der Waals surface area contributed by atoms with E-state index in [4.69, 9.17) is 0 Å². The summed E-state index contributed by atoms with van der Waals surface area (Å²) in [5, 5.41) is 3.14. The maximum absolute atomic E-state index is 12.3. The van der Waals surface area contributed by atoms with Gasteiger partial charge in [-0.1, -0.05) is 29.8 Å². The van der Waals surface area contributed by atoms with E-state index in [1.54, 1.807) is 6.33 Å². The summed E-state index contributed by atoms with van der Waals surface area (Å²) in [5.74, 6) is 1.09. The third-order valence-corrected chi connectivity index (χ3v) is 6.04. The van der Waals surface area contributed by atoms with Gasteiger partial charge in [-0.3, -0.25) is 9.78 Å². The van der Waals surface area contributed by atoms with Gasteiger partial charge in [0.05, 0.1) is 12.1 Å². The minimum atomic E-state index is 0.108. The second-order valence-corrected chi connectivity index (χ2v) is 8.24. The number of carbonyl (C=O) groups is 1. The van der Waals surface area contributed by atoms with Crippen molar-refractivity contribution in [1.29, 1.82) is 0 Å². The molecule has 0 atom stereocenters. The van der Waals surface area contributed by atoms with Gasteiger partial charge in [0.25, 0.3) is 0 Å². The molecule has 0 bridgehead atoms. The van der Waals surface area contributed by atoms with Gasteiger partial charge in [-0.05, 0) is 61.8 Å². The Morgan fingerprint density at radius 1 is 1.00 bits per heavy atom. The average molecular weight is 401 g/mol. The molecule has 30 heavy (non-hydrogen) atoms. The second kappa shape index (κ2) is 9.61. The Kier molecular flexibility index (Phi) is 6.47. The number of aryl methyl sites for hydroxylation is 1. The molecular formula is C25H28N4O. The lowest BCUT2D eigenvalue weighted by molar-refractivity contribution is -0.120. The molecule has 0 radical (unpaired) electrons. The number of hydrogen-bond donors (Lipinski definition) is 1. The highest BCUT2D eigenvalue weighted by Crippen LogP contribution is 2.38. The summed E-state index contributed by atoms with van der Waals surface area (Å²) >= 11 is 0. The topological polar surface area (TPSA) is 67.8 Å². The first-order valence-corrected chi connectivity index (χ1v) is 10.7. The van der Waals surface area contributed by atoms with Crippen LogP contribution in [0.1, 0.15) is 48.4 Å². The average Bonchev–Trinajstić information content (AvgIpc) is 2.80. The lowest BCUT2D eigenvalue weighted by Gasteiger charge is -2.29. The number of aromatic nitrogens is 3. The van der Waals surface area contributed by atoms with Crippen LogP contribution in [0, 0.1) is 12.8 Å². The van der Waals surface area contributed by atoms with Crippen LogP contribution in [0.3, 0.4) is 0 Å². The second-order valence-electron chi connectivity index (χ2n) is 8.24. The molecule has 0 saturated heterocycles. The number of pyridine rings is 1. The monoisotopic (exact) mass is 400 g/mol. The maximum Gasteiger partial charge on any atom is 0.224 e. The Morgan fingerprint density at radius 2 is 1.73 bits per heavy atom. The number of nitrogens with zero attached hydrogens (tertiary/aromatic N) is 3. The van der Waals surface area contributed by atoms with Crippen LogP contribution < -0.4 is 5.32 Å². The highest BCUT2D eigenvalue weighted by molar-refractivity contribution is 5.78. The van der Waals surface area contributed by atoms with Crippen molar-refractivity contribution in [3.63, 3.8) is 0 Å². The fourth-order valence-corrected chi connectivity index (χ4v) is 4.27. The van der Waals surface area contributed by atoms with E-state index >= 15 is 0 Å². The van der Waals surface area contributed by atoms with Crippen LogP contribution in [-0.4, -0.2) is 27.4 Å². The zero-order valence-electron chi connectivity index (χ0n) is 17.4. The Labute approximate surface area is 178 Å². The number of carbonyl (C=O) groups excluding carboxylic acids is 1. The van der Waals surface area contributed by atoms with Crippen molar-refractivity contribution >= 4 is 5.91 Å². The lowest BCUT2D eigenvalue weighted by atomic mass is 9.79. The molecule has 3 aromatic rings. The molecule has 1 aliphatic rings. The lowest BCUT2D eigenvalue weighted by Crippen LogP contribution is -2.32.